The lowest BCUT2D eigenvalue weighted by Gasteiger charge is -2.08. The molecule has 8 heteroatoms. The topological polar surface area (TPSA) is 91.0 Å². The standard InChI is InChI=1S/C25H20N4O3S/c30-25(31-14-6-12-22-28-24(29-32-22)18-8-5-13-26-16-18)19-9-2-1-7-17(19)15-23-27-20-10-3-4-11-21(20)33-23/h1-5,7-11,13,16H,6,12,14-15H2. The van der Waals surface area contributed by atoms with Gasteiger partial charge in [0.1, 0.15) is 0 Å². The first-order chi connectivity index (χ1) is 16.3. The Hall–Kier alpha value is -3.91. The van der Waals surface area contributed by atoms with E-state index in [2.05, 4.69) is 26.2 Å². The number of pyridine rings is 1. The molecule has 0 atom stereocenters. The van der Waals surface area contributed by atoms with E-state index in [1.54, 1.807) is 29.8 Å². The summed E-state index contributed by atoms with van der Waals surface area (Å²) in [5.41, 5.74) is 3.24. The normalized spacial score (nSPS) is 11.0. The third kappa shape index (κ3) is 4.96. The molecule has 3 aromatic heterocycles. The van der Waals surface area contributed by atoms with Crippen LogP contribution in [-0.4, -0.2) is 32.7 Å². The Labute approximate surface area is 194 Å². The lowest BCUT2D eigenvalue weighted by molar-refractivity contribution is 0.0497. The maximum atomic E-state index is 12.7. The molecule has 0 unspecified atom stereocenters. The highest BCUT2D eigenvalue weighted by Crippen LogP contribution is 2.25. The monoisotopic (exact) mass is 456 g/mol. The molecule has 0 bridgehead atoms. The predicted octanol–water partition coefficient (Wildman–Crippen LogP) is 5.12. The summed E-state index contributed by atoms with van der Waals surface area (Å²) in [7, 11) is 0. The van der Waals surface area contributed by atoms with Gasteiger partial charge in [0.05, 0.1) is 27.4 Å². The second-order valence-corrected chi connectivity index (χ2v) is 8.52. The van der Waals surface area contributed by atoms with Gasteiger partial charge in [-0.1, -0.05) is 35.5 Å². The van der Waals surface area contributed by atoms with Gasteiger partial charge in [-0.2, -0.15) is 4.98 Å². The smallest absolute Gasteiger partial charge is 0.338 e. The summed E-state index contributed by atoms with van der Waals surface area (Å²) in [5, 5.41) is 4.95. The molecule has 0 spiro atoms. The van der Waals surface area contributed by atoms with Crippen LogP contribution in [0.15, 0.2) is 77.6 Å². The molecule has 0 N–H and O–H groups in total. The number of nitrogens with zero attached hydrogens (tertiary/aromatic N) is 4. The first kappa shape index (κ1) is 21.0. The average Bonchev–Trinajstić information content (AvgIpc) is 3.49. The van der Waals surface area contributed by atoms with Crippen molar-refractivity contribution < 1.29 is 14.1 Å². The summed E-state index contributed by atoms with van der Waals surface area (Å²) in [4.78, 5) is 25.8. The van der Waals surface area contributed by atoms with Crippen molar-refractivity contribution in [3.8, 4) is 11.4 Å². The van der Waals surface area contributed by atoms with Crippen LogP contribution in [0, 0.1) is 0 Å². The van der Waals surface area contributed by atoms with E-state index in [1.165, 1.54) is 0 Å². The minimum Gasteiger partial charge on any atom is -0.462 e. The number of fused-ring (bicyclic) bond motifs is 1. The van der Waals surface area contributed by atoms with Crippen molar-refractivity contribution >= 4 is 27.5 Å². The Balaban J connectivity index is 1.17. The zero-order valence-corrected chi connectivity index (χ0v) is 18.5. The molecule has 0 radical (unpaired) electrons. The minimum absolute atomic E-state index is 0.263. The summed E-state index contributed by atoms with van der Waals surface area (Å²) < 4.78 is 11.9. The molecule has 0 aliphatic rings. The van der Waals surface area contributed by atoms with E-state index >= 15 is 0 Å². The number of aromatic nitrogens is 4. The van der Waals surface area contributed by atoms with Crippen LogP contribution in [0.2, 0.25) is 0 Å². The second kappa shape index (κ2) is 9.70. The molecule has 0 amide bonds. The van der Waals surface area contributed by atoms with Crippen molar-refractivity contribution in [2.24, 2.45) is 0 Å². The van der Waals surface area contributed by atoms with Gasteiger partial charge >= 0.3 is 5.97 Å². The first-order valence-corrected chi connectivity index (χ1v) is 11.4. The fourth-order valence-corrected chi connectivity index (χ4v) is 4.46. The summed E-state index contributed by atoms with van der Waals surface area (Å²) in [5.74, 6) is 0.660. The van der Waals surface area contributed by atoms with E-state index in [0.29, 0.717) is 36.5 Å². The minimum atomic E-state index is -0.340. The number of carbonyl (C=O) groups is 1. The van der Waals surface area contributed by atoms with Crippen molar-refractivity contribution in [3.05, 3.63) is 95.1 Å². The highest BCUT2D eigenvalue weighted by Gasteiger charge is 2.15. The number of hydrogen-bond donors (Lipinski definition) is 0. The summed E-state index contributed by atoms with van der Waals surface area (Å²) in [6, 6.07) is 19.2. The largest absolute Gasteiger partial charge is 0.462 e. The summed E-state index contributed by atoms with van der Waals surface area (Å²) >= 11 is 1.64. The van der Waals surface area contributed by atoms with Crippen LogP contribution in [-0.2, 0) is 17.6 Å². The summed E-state index contributed by atoms with van der Waals surface area (Å²) in [6.45, 7) is 0.263. The Bertz CT molecular complexity index is 1350. The van der Waals surface area contributed by atoms with Crippen LogP contribution in [0.25, 0.3) is 21.6 Å². The molecule has 3 heterocycles. The Morgan fingerprint density at radius 2 is 1.88 bits per heavy atom. The zero-order chi connectivity index (χ0) is 22.5. The molecule has 0 saturated heterocycles. The van der Waals surface area contributed by atoms with Crippen LogP contribution in [0.4, 0.5) is 0 Å². The average molecular weight is 457 g/mol. The Morgan fingerprint density at radius 3 is 2.76 bits per heavy atom. The molecule has 0 aliphatic heterocycles. The van der Waals surface area contributed by atoms with E-state index in [9.17, 15) is 4.79 Å². The molecule has 0 saturated carbocycles. The highest BCUT2D eigenvalue weighted by molar-refractivity contribution is 7.18. The maximum Gasteiger partial charge on any atom is 0.338 e. The van der Waals surface area contributed by atoms with Crippen LogP contribution in [0.1, 0.15) is 33.2 Å². The van der Waals surface area contributed by atoms with E-state index in [4.69, 9.17) is 9.26 Å². The number of aryl methyl sites for hydroxylation is 1. The van der Waals surface area contributed by atoms with Crippen LogP contribution < -0.4 is 0 Å². The van der Waals surface area contributed by atoms with E-state index in [-0.39, 0.29) is 12.6 Å². The number of para-hydroxylation sites is 1. The number of esters is 1. The number of hydrogen-bond acceptors (Lipinski definition) is 8. The highest BCUT2D eigenvalue weighted by atomic mass is 32.1. The number of ether oxygens (including phenoxy) is 1. The molecule has 5 aromatic rings. The molecular weight excluding hydrogens is 436 g/mol. The number of benzene rings is 2. The molecule has 164 valence electrons. The van der Waals surface area contributed by atoms with Crippen molar-refractivity contribution in [2.75, 3.05) is 6.61 Å². The maximum absolute atomic E-state index is 12.7. The van der Waals surface area contributed by atoms with Gasteiger partial charge in [0, 0.05) is 30.8 Å². The molecule has 33 heavy (non-hydrogen) atoms. The van der Waals surface area contributed by atoms with Gasteiger partial charge in [-0.05, 0) is 42.3 Å². The number of rotatable bonds is 8. The molecular formula is C25H20N4O3S. The van der Waals surface area contributed by atoms with Gasteiger partial charge in [-0.3, -0.25) is 4.98 Å². The van der Waals surface area contributed by atoms with Crippen molar-refractivity contribution in [3.63, 3.8) is 0 Å². The van der Waals surface area contributed by atoms with Crippen molar-refractivity contribution in [1.29, 1.82) is 0 Å². The van der Waals surface area contributed by atoms with Crippen LogP contribution >= 0.6 is 11.3 Å². The number of thiazole rings is 1. The van der Waals surface area contributed by atoms with Crippen LogP contribution in [0.3, 0.4) is 0 Å². The van der Waals surface area contributed by atoms with Gasteiger partial charge < -0.3 is 9.26 Å². The van der Waals surface area contributed by atoms with E-state index in [1.807, 2.05) is 48.5 Å². The zero-order valence-electron chi connectivity index (χ0n) is 17.7. The fraction of sp³-hybridized carbons (Fsp3) is 0.160. The van der Waals surface area contributed by atoms with Crippen molar-refractivity contribution in [2.45, 2.75) is 19.3 Å². The molecule has 7 nitrogen and oxygen atoms in total. The van der Waals surface area contributed by atoms with Crippen molar-refractivity contribution in [1.82, 2.24) is 20.1 Å². The third-order valence-electron chi connectivity index (χ3n) is 5.07. The molecule has 5 rings (SSSR count). The Morgan fingerprint density at radius 1 is 1.00 bits per heavy atom. The molecule has 0 aliphatic carbocycles. The molecule has 0 fully saturated rings. The summed E-state index contributed by atoms with van der Waals surface area (Å²) in [6.07, 6.45) is 5.07. The third-order valence-corrected chi connectivity index (χ3v) is 6.11. The van der Waals surface area contributed by atoms with Crippen LogP contribution in [0.5, 0.6) is 0 Å². The van der Waals surface area contributed by atoms with E-state index < -0.39 is 0 Å². The van der Waals surface area contributed by atoms with Gasteiger partial charge in [-0.15, -0.1) is 11.3 Å². The van der Waals surface area contributed by atoms with E-state index in [0.717, 1.165) is 26.4 Å². The van der Waals surface area contributed by atoms with Gasteiger partial charge in [0.15, 0.2) is 0 Å². The van der Waals surface area contributed by atoms with Gasteiger partial charge in [0.25, 0.3) is 0 Å². The number of carbonyl (C=O) groups excluding carboxylic acids is 1. The second-order valence-electron chi connectivity index (χ2n) is 7.40. The lowest BCUT2D eigenvalue weighted by atomic mass is 10.1. The lowest BCUT2D eigenvalue weighted by Crippen LogP contribution is -2.10. The SMILES string of the molecule is O=C(OCCCc1nc(-c2cccnc2)no1)c1ccccc1Cc1nc2ccccc2s1. The quantitative estimate of drug-likeness (QED) is 0.236. The molecule has 2 aromatic carbocycles. The predicted molar refractivity (Wildman–Crippen MR) is 125 cm³/mol. The van der Waals surface area contributed by atoms with Gasteiger partial charge in [-0.25, -0.2) is 9.78 Å². The fourth-order valence-electron chi connectivity index (χ4n) is 3.47. The van der Waals surface area contributed by atoms with Gasteiger partial charge in [0.2, 0.25) is 11.7 Å². The Kier molecular flexibility index (Phi) is 6.16. The first-order valence-electron chi connectivity index (χ1n) is 10.6.